The lowest BCUT2D eigenvalue weighted by atomic mass is 10.2. The van der Waals surface area contributed by atoms with E-state index in [9.17, 15) is 0 Å². The van der Waals surface area contributed by atoms with Gasteiger partial charge in [0, 0.05) is 0 Å². The van der Waals surface area contributed by atoms with E-state index in [2.05, 4.69) is 32.3 Å². The van der Waals surface area contributed by atoms with E-state index in [0.717, 1.165) is 0 Å². The van der Waals surface area contributed by atoms with Gasteiger partial charge in [0.1, 0.15) is 0 Å². The van der Waals surface area contributed by atoms with Crippen molar-refractivity contribution in [2.45, 2.75) is 20.8 Å². The molecule has 48 valence electrons. The van der Waals surface area contributed by atoms with Crippen molar-refractivity contribution < 1.29 is 0 Å². The van der Waals surface area contributed by atoms with Crippen molar-refractivity contribution in [3.8, 4) is 0 Å². The van der Waals surface area contributed by atoms with Gasteiger partial charge in [-0.1, -0.05) is 26.8 Å². The molecule has 0 unspecified atom stereocenters. The summed E-state index contributed by atoms with van der Waals surface area (Å²) in [6.45, 7) is 6.54. The van der Waals surface area contributed by atoms with Crippen molar-refractivity contribution in [1.29, 1.82) is 0 Å². The smallest absolute Gasteiger partial charge is 0.00546 e. The second-order valence-electron chi connectivity index (χ2n) is 2.03. The highest BCUT2D eigenvalue weighted by Gasteiger charge is 1.80. The van der Waals surface area contributed by atoms with Gasteiger partial charge >= 0.3 is 0 Å². The zero-order valence-corrected chi connectivity index (χ0v) is 6.66. The standard InChI is InChI=1S/C7H14S/c1-4-8-6-5-7(2)3/h5-7H,4H2,1-3H3/b6-5-. The second kappa shape index (κ2) is 5.23. The summed E-state index contributed by atoms with van der Waals surface area (Å²) in [4.78, 5) is 0. The molecule has 0 saturated carbocycles. The van der Waals surface area contributed by atoms with Crippen LogP contribution in [0.4, 0.5) is 0 Å². The molecule has 0 aliphatic rings. The van der Waals surface area contributed by atoms with E-state index >= 15 is 0 Å². The highest BCUT2D eigenvalue weighted by atomic mass is 32.2. The predicted octanol–water partition coefficient (Wildman–Crippen LogP) is 2.91. The number of allylic oxidation sites excluding steroid dienone is 1. The maximum atomic E-state index is 2.22. The lowest BCUT2D eigenvalue weighted by molar-refractivity contribution is 0.834. The molecule has 0 aromatic heterocycles. The van der Waals surface area contributed by atoms with E-state index in [4.69, 9.17) is 0 Å². The van der Waals surface area contributed by atoms with Gasteiger partial charge in [-0.25, -0.2) is 0 Å². The van der Waals surface area contributed by atoms with Crippen molar-refractivity contribution in [2.75, 3.05) is 5.75 Å². The van der Waals surface area contributed by atoms with Crippen molar-refractivity contribution in [1.82, 2.24) is 0 Å². The first-order valence-electron chi connectivity index (χ1n) is 3.05. The van der Waals surface area contributed by atoms with Gasteiger partial charge in [0.15, 0.2) is 0 Å². The minimum absolute atomic E-state index is 0.703. The summed E-state index contributed by atoms with van der Waals surface area (Å²) in [7, 11) is 0. The summed E-state index contributed by atoms with van der Waals surface area (Å²) >= 11 is 1.86. The van der Waals surface area contributed by atoms with Gasteiger partial charge in [-0.2, -0.15) is 0 Å². The normalized spacial score (nSPS) is 11.5. The Bertz CT molecular complexity index is 64.8. The number of thioether (sulfide) groups is 1. The largest absolute Gasteiger partial charge is 0.135 e. The fourth-order valence-electron chi connectivity index (χ4n) is 0.309. The van der Waals surface area contributed by atoms with Crippen LogP contribution in [0.3, 0.4) is 0 Å². The molecule has 0 aliphatic carbocycles. The summed E-state index contributed by atoms with van der Waals surface area (Å²) in [6.07, 6.45) is 2.22. The Morgan fingerprint density at radius 1 is 1.50 bits per heavy atom. The molecule has 0 amide bonds. The summed E-state index contributed by atoms with van der Waals surface area (Å²) in [5.41, 5.74) is 0. The van der Waals surface area contributed by atoms with Crippen LogP contribution >= 0.6 is 11.8 Å². The van der Waals surface area contributed by atoms with E-state index in [1.807, 2.05) is 11.8 Å². The third-order valence-electron chi connectivity index (χ3n) is 0.726. The fourth-order valence-corrected chi connectivity index (χ4v) is 0.927. The molecule has 0 nitrogen and oxygen atoms in total. The summed E-state index contributed by atoms with van der Waals surface area (Å²) in [5, 5.41) is 2.17. The Morgan fingerprint density at radius 3 is 2.50 bits per heavy atom. The Morgan fingerprint density at radius 2 is 2.12 bits per heavy atom. The molecule has 0 atom stereocenters. The summed E-state index contributed by atoms with van der Waals surface area (Å²) < 4.78 is 0. The Kier molecular flexibility index (Phi) is 5.29. The van der Waals surface area contributed by atoms with Gasteiger partial charge < -0.3 is 0 Å². The Labute approximate surface area is 56.4 Å². The van der Waals surface area contributed by atoms with Crippen LogP contribution in [0.5, 0.6) is 0 Å². The molecule has 0 aromatic carbocycles. The van der Waals surface area contributed by atoms with E-state index < -0.39 is 0 Å². The Balaban J connectivity index is 3.07. The Hall–Kier alpha value is 0.0900. The maximum absolute atomic E-state index is 2.22. The topological polar surface area (TPSA) is 0 Å². The monoisotopic (exact) mass is 130 g/mol. The minimum atomic E-state index is 0.703. The molecule has 0 fully saturated rings. The zero-order valence-electron chi connectivity index (χ0n) is 5.85. The molecule has 8 heavy (non-hydrogen) atoms. The molecule has 0 aromatic rings. The van der Waals surface area contributed by atoms with E-state index in [0.29, 0.717) is 5.92 Å². The average molecular weight is 130 g/mol. The summed E-state index contributed by atoms with van der Waals surface area (Å²) in [6, 6.07) is 0. The molecular formula is C7H14S. The highest BCUT2D eigenvalue weighted by Crippen LogP contribution is 2.03. The molecule has 1 heteroatoms. The quantitative estimate of drug-likeness (QED) is 0.566. The van der Waals surface area contributed by atoms with Gasteiger partial charge in [0.2, 0.25) is 0 Å². The predicted molar refractivity (Wildman–Crippen MR) is 42.1 cm³/mol. The van der Waals surface area contributed by atoms with Crippen molar-refractivity contribution in [3.63, 3.8) is 0 Å². The van der Waals surface area contributed by atoms with Gasteiger partial charge in [0.25, 0.3) is 0 Å². The van der Waals surface area contributed by atoms with Gasteiger partial charge in [0.05, 0.1) is 0 Å². The van der Waals surface area contributed by atoms with Crippen LogP contribution in [0.15, 0.2) is 11.5 Å². The van der Waals surface area contributed by atoms with Crippen LogP contribution in [0.25, 0.3) is 0 Å². The first kappa shape index (κ1) is 8.09. The first-order chi connectivity index (χ1) is 3.77. The molecular weight excluding hydrogens is 116 g/mol. The number of hydrogen-bond acceptors (Lipinski definition) is 1. The van der Waals surface area contributed by atoms with Crippen molar-refractivity contribution >= 4 is 11.8 Å². The van der Waals surface area contributed by atoms with Crippen LogP contribution in [0.2, 0.25) is 0 Å². The van der Waals surface area contributed by atoms with Crippen LogP contribution in [-0.2, 0) is 0 Å². The molecule has 0 N–H and O–H groups in total. The van der Waals surface area contributed by atoms with E-state index in [1.54, 1.807) is 0 Å². The lowest BCUT2D eigenvalue weighted by Gasteiger charge is -1.90. The molecule has 0 bridgehead atoms. The molecule has 0 radical (unpaired) electrons. The van der Waals surface area contributed by atoms with Gasteiger partial charge in [-0.05, 0) is 17.1 Å². The lowest BCUT2D eigenvalue weighted by Crippen LogP contribution is -1.74. The van der Waals surface area contributed by atoms with Crippen LogP contribution in [0, 0.1) is 5.92 Å². The molecule has 0 saturated heterocycles. The van der Waals surface area contributed by atoms with Crippen molar-refractivity contribution in [2.24, 2.45) is 5.92 Å². The molecule has 0 aliphatic heterocycles. The third kappa shape index (κ3) is 6.09. The van der Waals surface area contributed by atoms with E-state index in [1.165, 1.54) is 5.75 Å². The first-order valence-corrected chi connectivity index (χ1v) is 4.10. The van der Waals surface area contributed by atoms with Gasteiger partial charge in [-0.3, -0.25) is 0 Å². The number of rotatable bonds is 3. The van der Waals surface area contributed by atoms with Crippen LogP contribution < -0.4 is 0 Å². The molecule has 0 rings (SSSR count). The average Bonchev–Trinajstić information content (AvgIpc) is 1.66. The van der Waals surface area contributed by atoms with Gasteiger partial charge in [-0.15, -0.1) is 11.8 Å². The van der Waals surface area contributed by atoms with E-state index in [-0.39, 0.29) is 0 Å². The SMILES string of the molecule is CCS/C=C\C(C)C. The maximum Gasteiger partial charge on any atom is -0.00546 e. The fraction of sp³-hybridized carbons (Fsp3) is 0.714. The highest BCUT2D eigenvalue weighted by molar-refractivity contribution is 8.02. The molecule has 0 heterocycles. The van der Waals surface area contributed by atoms with Crippen LogP contribution in [0.1, 0.15) is 20.8 Å². The molecule has 0 spiro atoms. The number of hydrogen-bond donors (Lipinski definition) is 0. The van der Waals surface area contributed by atoms with Crippen molar-refractivity contribution in [3.05, 3.63) is 11.5 Å². The zero-order chi connectivity index (χ0) is 6.41. The second-order valence-corrected chi connectivity index (χ2v) is 3.21. The minimum Gasteiger partial charge on any atom is -0.135 e. The van der Waals surface area contributed by atoms with Crippen LogP contribution in [-0.4, -0.2) is 5.75 Å². The summed E-state index contributed by atoms with van der Waals surface area (Å²) in [5.74, 6) is 1.89. The third-order valence-corrected chi connectivity index (χ3v) is 1.41.